The highest BCUT2D eigenvalue weighted by atomic mass is 79.9. The van der Waals surface area contributed by atoms with E-state index in [0.717, 1.165) is 6.26 Å². The number of amides is 1. The van der Waals surface area contributed by atoms with Crippen LogP contribution in [-0.4, -0.2) is 29.8 Å². The highest BCUT2D eigenvalue weighted by molar-refractivity contribution is 9.10. The molecule has 0 aliphatic heterocycles. The van der Waals surface area contributed by atoms with Gasteiger partial charge in [0.1, 0.15) is 0 Å². The Bertz CT molecular complexity index is 867. The molecule has 0 spiro atoms. The molecule has 2 rings (SSSR count). The lowest BCUT2D eigenvalue weighted by Crippen LogP contribution is -2.16. The molecule has 2 aromatic rings. The minimum atomic E-state index is -3.74. The fourth-order valence-electron chi connectivity index (χ4n) is 1.50. The molecule has 1 heterocycles. The molecular formula is C11H7BrCl3N3O3S. The molecule has 1 aromatic carbocycles. The molecule has 22 heavy (non-hydrogen) atoms. The highest BCUT2D eigenvalue weighted by Gasteiger charge is 2.24. The predicted octanol–water partition coefficient (Wildman–Crippen LogP) is 3.67. The van der Waals surface area contributed by atoms with Crippen molar-refractivity contribution in [3.63, 3.8) is 0 Å². The first-order chi connectivity index (χ1) is 10.1. The maximum absolute atomic E-state index is 12.2. The van der Waals surface area contributed by atoms with E-state index in [-0.39, 0.29) is 20.3 Å². The highest BCUT2D eigenvalue weighted by Crippen LogP contribution is 2.29. The number of carbonyl (C=O) groups is 1. The van der Waals surface area contributed by atoms with Gasteiger partial charge >= 0.3 is 0 Å². The predicted molar refractivity (Wildman–Crippen MR) is 89.6 cm³/mol. The van der Waals surface area contributed by atoms with E-state index >= 15 is 0 Å². The topological polar surface area (TPSA) is 81.1 Å². The maximum atomic E-state index is 12.2. The van der Waals surface area contributed by atoms with Crippen molar-refractivity contribution >= 4 is 72.4 Å². The van der Waals surface area contributed by atoms with Gasteiger partial charge in [0.15, 0.2) is 10.8 Å². The standard InChI is InChI=1S/C11H7BrCl3N3O3S/c1-22(20,21)18-10(15)8(12)9(17-18)11(19)16-7-3-2-5(13)4-6(7)14/h2-4H,1H3,(H,16,19). The Labute approximate surface area is 149 Å². The van der Waals surface area contributed by atoms with Gasteiger partial charge in [0, 0.05) is 5.02 Å². The van der Waals surface area contributed by atoms with E-state index in [4.69, 9.17) is 34.8 Å². The van der Waals surface area contributed by atoms with E-state index in [0.29, 0.717) is 14.8 Å². The lowest BCUT2D eigenvalue weighted by Gasteiger charge is -2.06. The molecule has 118 valence electrons. The summed E-state index contributed by atoms with van der Waals surface area (Å²) in [4.78, 5) is 12.2. The van der Waals surface area contributed by atoms with Crippen LogP contribution in [0.1, 0.15) is 10.5 Å². The Hall–Kier alpha value is -0.800. The summed E-state index contributed by atoms with van der Waals surface area (Å²) in [5.41, 5.74) is 0.106. The van der Waals surface area contributed by atoms with E-state index < -0.39 is 15.9 Å². The first-order valence-electron chi connectivity index (χ1n) is 5.52. The summed E-state index contributed by atoms with van der Waals surface area (Å²) in [5, 5.41) is 6.60. The molecule has 0 atom stereocenters. The van der Waals surface area contributed by atoms with Crippen LogP contribution in [0, 0.1) is 0 Å². The van der Waals surface area contributed by atoms with Crippen LogP contribution in [0.5, 0.6) is 0 Å². The van der Waals surface area contributed by atoms with Gasteiger partial charge in [-0.2, -0.15) is 0 Å². The van der Waals surface area contributed by atoms with Crippen LogP contribution in [0.15, 0.2) is 22.7 Å². The Kier molecular flexibility index (Phi) is 5.08. The van der Waals surface area contributed by atoms with Gasteiger partial charge in [-0.3, -0.25) is 4.79 Å². The van der Waals surface area contributed by atoms with Gasteiger partial charge in [0.25, 0.3) is 15.9 Å². The summed E-state index contributed by atoms with van der Waals surface area (Å²) in [6, 6.07) is 4.50. The van der Waals surface area contributed by atoms with Crippen molar-refractivity contribution in [2.75, 3.05) is 11.6 Å². The largest absolute Gasteiger partial charge is 0.319 e. The van der Waals surface area contributed by atoms with Crippen molar-refractivity contribution in [3.05, 3.63) is 43.6 Å². The molecule has 0 saturated carbocycles. The van der Waals surface area contributed by atoms with E-state index in [1.807, 2.05) is 0 Å². The van der Waals surface area contributed by atoms with Gasteiger partial charge < -0.3 is 5.32 Å². The zero-order chi connectivity index (χ0) is 16.7. The van der Waals surface area contributed by atoms with Crippen LogP contribution in [0.2, 0.25) is 15.2 Å². The third-order valence-electron chi connectivity index (χ3n) is 2.46. The van der Waals surface area contributed by atoms with Crippen LogP contribution in [-0.2, 0) is 10.0 Å². The van der Waals surface area contributed by atoms with Crippen molar-refractivity contribution in [2.45, 2.75) is 0 Å². The Morgan fingerprint density at radius 2 is 1.95 bits per heavy atom. The summed E-state index contributed by atoms with van der Waals surface area (Å²) in [5.74, 6) is -0.680. The second-order valence-corrected chi connectivity index (χ2v) is 7.94. The molecule has 0 bridgehead atoms. The smallest absolute Gasteiger partial charge is 0.277 e. The molecule has 6 nitrogen and oxygen atoms in total. The van der Waals surface area contributed by atoms with Gasteiger partial charge in [0.05, 0.1) is 21.4 Å². The number of benzene rings is 1. The number of rotatable bonds is 3. The van der Waals surface area contributed by atoms with Crippen LogP contribution in [0.4, 0.5) is 5.69 Å². The third-order valence-corrected chi connectivity index (χ3v) is 5.33. The number of nitrogens with one attached hydrogen (secondary N) is 1. The Morgan fingerprint density at radius 3 is 2.45 bits per heavy atom. The molecule has 0 aliphatic carbocycles. The fraction of sp³-hybridized carbons (Fsp3) is 0.0909. The van der Waals surface area contributed by atoms with Crippen molar-refractivity contribution in [1.29, 1.82) is 0 Å². The number of hydrogen-bond donors (Lipinski definition) is 1. The van der Waals surface area contributed by atoms with Crippen LogP contribution in [0.3, 0.4) is 0 Å². The van der Waals surface area contributed by atoms with Gasteiger partial charge in [-0.15, -0.1) is 9.19 Å². The number of hydrogen-bond acceptors (Lipinski definition) is 4. The van der Waals surface area contributed by atoms with Crippen molar-refractivity contribution in [1.82, 2.24) is 9.19 Å². The van der Waals surface area contributed by atoms with E-state index in [1.165, 1.54) is 12.1 Å². The Morgan fingerprint density at radius 1 is 1.32 bits per heavy atom. The molecule has 1 amide bonds. The molecule has 0 fully saturated rings. The molecule has 0 saturated heterocycles. The maximum Gasteiger partial charge on any atom is 0.277 e. The van der Waals surface area contributed by atoms with Crippen LogP contribution < -0.4 is 5.32 Å². The monoisotopic (exact) mass is 445 g/mol. The second kappa shape index (κ2) is 6.37. The Balaban J connectivity index is 2.38. The number of nitrogens with zero attached hydrogens (tertiary/aromatic N) is 2. The average Bonchev–Trinajstić information content (AvgIpc) is 2.69. The zero-order valence-corrected chi connectivity index (χ0v) is 15.4. The van der Waals surface area contributed by atoms with Crippen molar-refractivity contribution in [3.8, 4) is 0 Å². The van der Waals surface area contributed by atoms with Crippen LogP contribution >= 0.6 is 50.7 Å². The van der Waals surface area contributed by atoms with E-state index in [2.05, 4.69) is 26.3 Å². The lowest BCUT2D eigenvalue weighted by atomic mass is 10.3. The molecule has 0 radical (unpaired) electrons. The summed E-state index contributed by atoms with van der Waals surface area (Å²) in [7, 11) is -3.74. The number of halogens is 4. The molecular weight excluding hydrogens is 440 g/mol. The zero-order valence-electron chi connectivity index (χ0n) is 10.8. The van der Waals surface area contributed by atoms with Crippen molar-refractivity contribution in [2.24, 2.45) is 0 Å². The first kappa shape index (κ1) is 17.6. The third kappa shape index (κ3) is 3.57. The minimum absolute atomic E-state index is 0.0576. The average molecular weight is 448 g/mol. The first-order valence-corrected chi connectivity index (χ1v) is 9.29. The minimum Gasteiger partial charge on any atom is -0.319 e. The number of carbonyl (C=O) groups excluding carboxylic acids is 1. The van der Waals surface area contributed by atoms with Crippen LogP contribution in [0.25, 0.3) is 0 Å². The van der Waals surface area contributed by atoms with Crippen molar-refractivity contribution < 1.29 is 13.2 Å². The summed E-state index contributed by atoms with van der Waals surface area (Å²) in [6.07, 6.45) is 0.913. The van der Waals surface area contributed by atoms with Gasteiger partial charge in [0.2, 0.25) is 0 Å². The molecule has 11 heteroatoms. The number of aromatic nitrogens is 2. The quantitative estimate of drug-likeness (QED) is 0.779. The van der Waals surface area contributed by atoms with E-state index in [9.17, 15) is 13.2 Å². The molecule has 0 unspecified atom stereocenters. The summed E-state index contributed by atoms with van der Waals surface area (Å²) < 4.78 is 23.6. The normalized spacial score (nSPS) is 11.5. The lowest BCUT2D eigenvalue weighted by molar-refractivity contribution is 0.102. The fourth-order valence-corrected chi connectivity index (χ4v) is 3.61. The van der Waals surface area contributed by atoms with Gasteiger partial charge in [-0.05, 0) is 34.1 Å². The van der Waals surface area contributed by atoms with E-state index in [1.54, 1.807) is 6.07 Å². The summed E-state index contributed by atoms with van der Waals surface area (Å²) >= 11 is 20.6. The summed E-state index contributed by atoms with van der Waals surface area (Å²) in [6.45, 7) is 0. The van der Waals surface area contributed by atoms with Gasteiger partial charge in [-0.1, -0.05) is 34.8 Å². The SMILES string of the molecule is CS(=O)(=O)n1nc(C(=O)Nc2ccc(Cl)cc2Cl)c(Br)c1Cl. The molecule has 1 aromatic heterocycles. The molecule has 1 N–H and O–H groups in total. The number of anilines is 1. The van der Waals surface area contributed by atoms with Gasteiger partial charge in [-0.25, -0.2) is 8.42 Å². The second-order valence-electron chi connectivity index (χ2n) is 4.14. The molecule has 0 aliphatic rings.